The summed E-state index contributed by atoms with van der Waals surface area (Å²) < 4.78 is 12.1. The Balaban J connectivity index is 0.000000320. The van der Waals surface area contributed by atoms with Crippen molar-refractivity contribution in [1.29, 1.82) is 0 Å². The van der Waals surface area contributed by atoms with E-state index in [2.05, 4.69) is 95.3 Å². The summed E-state index contributed by atoms with van der Waals surface area (Å²) in [5, 5.41) is 13.6. The SMILES string of the molecule is CCC(C)(CC)C(=O)/C=C(\O)C(C)(CC)CC.Cc1cc2nc(-c3[c-]c4ccccc4c(C(C)(C)C)c3)cc(-c3ccc4occ(CC(C)C)c4c3)c2o1.[Ir]. The quantitative estimate of drug-likeness (QED) is 0.0796. The van der Waals surface area contributed by atoms with Crippen LogP contribution in [0.5, 0.6) is 0 Å². The number of rotatable bonds is 11. The molecule has 3 heterocycles. The van der Waals surface area contributed by atoms with E-state index in [1.54, 1.807) is 0 Å². The largest absolute Gasteiger partial charge is 0.512 e. The minimum atomic E-state index is -0.337. The van der Waals surface area contributed by atoms with E-state index in [0.717, 1.165) is 87.7 Å². The van der Waals surface area contributed by atoms with Gasteiger partial charge in [0.25, 0.3) is 0 Å². The number of allylic oxidation sites excluding steroid dienone is 2. The third kappa shape index (κ3) is 9.35. The molecule has 6 heteroatoms. The molecule has 0 spiro atoms. The van der Waals surface area contributed by atoms with Gasteiger partial charge in [-0.05, 0) is 73.6 Å². The maximum Gasteiger partial charge on any atom is 0.164 e. The predicted octanol–water partition coefficient (Wildman–Crippen LogP) is 14.3. The second kappa shape index (κ2) is 17.4. The smallest absolute Gasteiger partial charge is 0.164 e. The molecule has 6 rings (SSSR count). The summed E-state index contributed by atoms with van der Waals surface area (Å²) >= 11 is 0. The number of ketones is 1. The molecule has 55 heavy (non-hydrogen) atoms. The fraction of sp³-hybridized carbons (Fsp3) is 0.429. The third-order valence-electron chi connectivity index (χ3n) is 11.7. The van der Waals surface area contributed by atoms with E-state index >= 15 is 0 Å². The van der Waals surface area contributed by atoms with Crippen LogP contribution < -0.4 is 0 Å². The fourth-order valence-electron chi connectivity index (χ4n) is 7.01. The van der Waals surface area contributed by atoms with Crippen LogP contribution in [0.25, 0.3) is 55.2 Å². The zero-order chi connectivity index (χ0) is 39.6. The van der Waals surface area contributed by atoms with Crippen LogP contribution in [0.2, 0.25) is 0 Å². The Morgan fingerprint density at radius 1 is 0.873 bits per heavy atom. The molecule has 0 saturated heterocycles. The maximum atomic E-state index is 12.2. The first kappa shape index (κ1) is 43.7. The van der Waals surface area contributed by atoms with Crippen molar-refractivity contribution < 1.29 is 38.8 Å². The van der Waals surface area contributed by atoms with Crippen molar-refractivity contribution in [2.24, 2.45) is 16.7 Å². The second-order valence-corrected chi connectivity index (χ2v) is 17.0. The number of furan rings is 2. The molecule has 0 aliphatic rings. The van der Waals surface area contributed by atoms with Gasteiger partial charge in [0.1, 0.15) is 22.6 Å². The molecule has 0 unspecified atom stereocenters. The number of nitrogens with zero attached hydrogens (tertiary/aromatic N) is 1. The number of aliphatic hydroxyl groups excluding tert-OH is 1. The number of benzene rings is 3. The Kier molecular flexibility index (Phi) is 13.9. The Hall–Kier alpha value is -3.99. The van der Waals surface area contributed by atoms with Crippen molar-refractivity contribution in [3.05, 3.63) is 102 Å². The summed E-state index contributed by atoms with van der Waals surface area (Å²) in [6, 6.07) is 25.0. The first-order valence-electron chi connectivity index (χ1n) is 19.8. The average Bonchev–Trinajstić information content (AvgIpc) is 3.74. The van der Waals surface area contributed by atoms with Crippen LogP contribution in [0.4, 0.5) is 0 Å². The number of aromatic nitrogens is 1. The van der Waals surface area contributed by atoms with Crippen molar-refractivity contribution in [2.75, 3.05) is 0 Å². The number of carbonyl (C=O) groups is 1. The summed E-state index contributed by atoms with van der Waals surface area (Å²) in [5.41, 5.74) is 8.53. The Morgan fingerprint density at radius 2 is 1.53 bits per heavy atom. The fourth-order valence-corrected chi connectivity index (χ4v) is 7.01. The number of aryl methyl sites for hydroxylation is 1. The van der Waals surface area contributed by atoms with Gasteiger partial charge in [0.15, 0.2) is 11.4 Å². The van der Waals surface area contributed by atoms with Gasteiger partial charge in [-0.15, -0.1) is 29.1 Å². The van der Waals surface area contributed by atoms with E-state index in [4.69, 9.17) is 13.8 Å². The zero-order valence-electron chi connectivity index (χ0n) is 35.0. The normalized spacial score (nSPS) is 12.6. The molecular formula is C49H60IrNO4-. The van der Waals surface area contributed by atoms with Crippen molar-refractivity contribution >= 4 is 38.6 Å². The average molecular weight is 919 g/mol. The molecule has 0 bridgehead atoms. The second-order valence-electron chi connectivity index (χ2n) is 17.0. The van der Waals surface area contributed by atoms with Crippen LogP contribution in [-0.2, 0) is 36.7 Å². The third-order valence-corrected chi connectivity index (χ3v) is 11.7. The van der Waals surface area contributed by atoms with E-state index < -0.39 is 0 Å². The first-order valence-corrected chi connectivity index (χ1v) is 19.8. The van der Waals surface area contributed by atoms with Crippen molar-refractivity contribution in [3.63, 3.8) is 0 Å². The molecular weight excluding hydrogens is 859 g/mol. The molecule has 0 aliphatic carbocycles. The number of fused-ring (bicyclic) bond motifs is 3. The van der Waals surface area contributed by atoms with Crippen LogP contribution in [0, 0.1) is 29.7 Å². The molecule has 0 saturated carbocycles. The van der Waals surface area contributed by atoms with E-state index in [1.165, 1.54) is 22.6 Å². The molecule has 6 aromatic rings. The molecule has 295 valence electrons. The Labute approximate surface area is 342 Å². The Morgan fingerprint density at radius 3 is 2.15 bits per heavy atom. The topological polar surface area (TPSA) is 76.5 Å². The molecule has 0 aliphatic heterocycles. The van der Waals surface area contributed by atoms with Gasteiger partial charge in [-0.2, -0.15) is 0 Å². The van der Waals surface area contributed by atoms with Crippen LogP contribution in [0.15, 0.2) is 87.6 Å². The summed E-state index contributed by atoms with van der Waals surface area (Å²) in [7, 11) is 0. The van der Waals surface area contributed by atoms with Gasteiger partial charge in [-0.25, -0.2) is 0 Å². The standard InChI is InChI=1S/C34H32NO2.C15H28O2.Ir/c1-20(2)13-25-19-36-32-12-11-23(16-27(25)32)28-18-30(35-31-14-21(3)37-33(28)31)24-15-22-9-7-8-10-26(22)29(17-24)34(4,5)6;1-7-14(5,8-2)12(16)11-13(17)15(6,9-3)10-4;/h7-12,14,16-20H,13H2,1-6H3;11,16H,7-10H2,1-6H3;/q-1;;/b;12-11-;. The predicted molar refractivity (Wildman–Crippen MR) is 226 cm³/mol. The van der Waals surface area contributed by atoms with Crippen molar-refractivity contribution in [2.45, 2.75) is 121 Å². The van der Waals surface area contributed by atoms with Crippen LogP contribution in [0.1, 0.15) is 119 Å². The summed E-state index contributed by atoms with van der Waals surface area (Å²) in [6.45, 7) is 25.3. The molecule has 3 aromatic carbocycles. The summed E-state index contributed by atoms with van der Waals surface area (Å²) in [6.07, 6.45) is 7.64. The number of hydrogen-bond acceptors (Lipinski definition) is 5. The van der Waals surface area contributed by atoms with Crippen molar-refractivity contribution in [3.8, 4) is 22.4 Å². The van der Waals surface area contributed by atoms with Gasteiger partial charge in [0, 0.05) is 59.7 Å². The first-order chi connectivity index (χ1) is 25.5. The molecule has 0 fully saturated rings. The van der Waals surface area contributed by atoms with Gasteiger partial charge in [0.2, 0.25) is 0 Å². The number of pyridine rings is 1. The molecule has 1 radical (unpaired) electrons. The van der Waals surface area contributed by atoms with Gasteiger partial charge in [0.05, 0.1) is 6.26 Å². The van der Waals surface area contributed by atoms with Gasteiger partial charge < -0.3 is 13.9 Å². The number of aliphatic hydroxyl groups is 1. The van der Waals surface area contributed by atoms with E-state index in [9.17, 15) is 9.90 Å². The Bertz CT molecular complexity index is 2290. The minimum Gasteiger partial charge on any atom is -0.512 e. The zero-order valence-corrected chi connectivity index (χ0v) is 37.4. The monoisotopic (exact) mass is 919 g/mol. The molecule has 0 atom stereocenters. The number of carbonyl (C=O) groups excluding carboxylic acids is 1. The van der Waals surface area contributed by atoms with E-state index in [0.29, 0.717) is 5.92 Å². The molecule has 0 amide bonds. The van der Waals surface area contributed by atoms with Gasteiger partial charge >= 0.3 is 0 Å². The molecule has 5 nitrogen and oxygen atoms in total. The van der Waals surface area contributed by atoms with Crippen LogP contribution in [0.3, 0.4) is 0 Å². The van der Waals surface area contributed by atoms with Crippen molar-refractivity contribution in [1.82, 2.24) is 4.98 Å². The van der Waals surface area contributed by atoms with Gasteiger partial charge in [-0.1, -0.05) is 117 Å². The summed E-state index contributed by atoms with van der Waals surface area (Å²) in [4.78, 5) is 17.2. The minimum absolute atomic E-state index is 0. The van der Waals surface area contributed by atoms with E-state index in [-0.39, 0.29) is 47.9 Å². The molecule has 3 aromatic heterocycles. The van der Waals surface area contributed by atoms with Crippen LogP contribution >= 0.6 is 0 Å². The number of hydrogen-bond donors (Lipinski definition) is 1. The molecule has 1 N–H and O–H groups in total. The van der Waals surface area contributed by atoms with Crippen LogP contribution in [-0.4, -0.2) is 15.9 Å². The van der Waals surface area contributed by atoms with E-state index in [1.807, 2.05) is 60.8 Å². The summed E-state index contributed by atoms with van der Waals surface area (Å²) in [5.74, 6) is 1.69. The van der Waals surface area contributed by atoms with Gasteiger partial charge in [-0.3, -0.25) is 9.78 Å². The maximum absolute atomic E-state index is 12.2.